The highest BCUT2D eigenvalue weighted by atomic mass is 32.2. The van der Waals surface area contributed by atoms with Crippen LogP contribution in [0.1, 0.15) is 33.6 Å². The van der Waals surface area contributed by atoms with Crippen LogP contribution >= 0.6 is 0 Å². The van der Waals surface area contributed by atoms with Crippen LogP contribution in [0, 0.1) is 11.8 Å². The molecule has 1 aliphatic rings. The van der Waals surface area contributed by atoms with Crippen LogP contribution in [-0.4, -0.2) is 54.7 Å². The van der Waals surface area contributed by atoms with Crippen molar-refractivity contribution in [1.29, 1.82) is 0 Å². The standard InChI is InChI=1S/C19H27N3O6S/c1-12(2)17(19(25)26)21-18(24)14-8-10-22(11-9-14)29(27,28)16-6-4-15(5-7-16)20-13(3)23/h4-7,12,14,17H,8-11H2,1-3H3,(H,20,23)(H,21,24)(H,25,26)/t17-/m0/s1. The number of piperidine rings is 1. The summed E-state index contributed by atoms with van der Waals surface area (Å²) in [6.45, 7) is 5.14. The third kappa shape index (κ3) is 5.77. The minimum Gasteiger partial charge on any atom is -0.480 e. The summed E-state index contributed by atoms with van der Waals surface area (Å²) in [5.41, 5.74) is 0.505. The second-order valence-electron chi connectivity index (χ2n) is 7.45. The predicted molar refractivity (Wildman–Crippen MR) is 107 cm³/mol. The van der Waals surface area contributed by atoms with E-state index in [9.17, 15) is 27.9 Å². The number of nitrogens with zero attached hydrogens (tertiary/aromatic N) is 1. The summed E-state index contributed by atoms with van der Waals surface area (Å²) < 4.78 is 26.9. The number of benzene rings is 1. The van der Waals surface area contributed by atoms with Gasteiger partial charge in [-0.25, -0.2) is 13.2 Å². The Hall–Kier alpha value is -2.46. The fraction of sp³-hybridized carbons (Fsp3) is 0.526. The van der Waals surface area contributed by atoms with E-state index in [4.69, 9.17) is 0 Å². The number of carboxylic acid groups (broad SMARTS) is 1. The molecule has 1 aromatic rings. The molecule has 1 fully saturated rings. The van der Waals surface area contributed by atoms with Gasteiger partial charge in [0.25, 0.3) is 0 Å². The number of rotatable bonds is 7. The molecular weight excluding hydrogens is 398 g/mol. The van der Waals surface area contributed by atoms with Gasteiger partial charge in [-0.3, -0.25) is 9.59 Å². The molecule has 1 aromatic carbocycles. The van der Waals surface area contributed by atoms with Gasteiger partial charge in [0.2, 0.25) is 21.8 Å². The van der Waals surface area contributed by atoms with Crippen molar-refractivity contribution in [2.75, 3.05) is 18.4 Å². The van der Waals surface area contributed by atoms with Gasteiger partial charge in [0.15, 0.2) is 0 Å². The van der Waals surface area contributed by atoms with Gasteiger partial charge < -0.3 is 15.7 Å². The van der Waals surface area contributed by atoms with Crippen molar-refractivity contribution in [3.63, 3.8) is 0 Å². The van der Waals surface area contributed by atoms with E-state index in [1.165, 1.54) is 35.5 Å². The monoisotopic (exact) mass is 425 g/mol. The first-order valence-corrected chi connectivity index (χ1v) is 10.9. The van der Waals surface area contributed by atoms with Gasteiger partial charge in [-0.05, 0) is 43.0 Å². The van der Waals surface area contributed by atoms with E-state index in [0.29, 0.717) is 18.5 Å². The lowest BCUT2D eigenvalue weighted by atomic mass is 9.95. The summed E-state index contributed by atoms with van der Waals surface area (Å²) in [5.74, 6) is -2.37. The summed E-state index contributed by atoms with van der Waals surface area (Å²) in [4.78, 5) is 34.8. The number of sulfonamides is 1. The molecule has 9 nitrogen and oxygen atoms in total. The number of amides is 2. The average Bonchev–Trinajstić information content (AvgIpc) is 2.65. The molecule has 10 heteroatoms. The molecule has 0 aliphatic carbocycles. The van der Waals surface area contributed by atoms with Crippen LogP contribution in [0.4, 0.5) is 5.69 Å². The first kappa shape index (κ1) is 22.8. The van der Waals surface area contributed by atoms with Crippen molar-refractivity contribution in [1.82, 2.24) is 9.62 Å². The van der Waals surface area contributed by atoms with Crippen LogP contribution in [-0.2, 0) is 24.4 Å². The van der Waals surface area contributed by atoms with E-state index in [-0.39, 0.29) is 35.7 Å². The van der Waals surface area contributed by atoms with Crippen LogP contribution in [0.15, 0.2) is 29.2 Å². The number of carbonyl (C=O) groups excluding carboxylic acids is 2. The topological polar surface area (TPSA) is 133 Å². The molecule has 1 atom stereocenters. The normalized spacial score (nSPS) is 17.0. The van der Waals surface area contributed by atoms with Gasteiger partial charge in [-0.1, -0.05) is 13.8 Å². The van der Waals surface area contributed by atoms with Gasteiger partial charge in [-0.2, -0.15) is 4.31 Å². The maximum absolute atomic E-state index is 12.8. The Morgan fingerprint density at radius 1 is 1.10 bits per heavy atom. The number of carbonyl (C=O) groups is 3. The molecule has 29 heavy (non-hydrogen) atoms. The van der Waals surface area contributed by atoms with Gasteiger partial charge in [0, 0.05) is 31.6 Å². The number of hydrogen-bond acceptors (Lipinski definition) is 5. The zero-order valence-electron chi connectivity index (χ0n) is 16.7. The van der Waals surface area contributed by atoms with Crippen molar-refractivity contribution in [2.24, 2.45) is 11.8 Å². The lowest BCUT2D eigenvalue weighted by Gasteiger charge is -2.31. The van der Waals surface area contributed by atoms with E-state index in [1.807, 2.05) is 0 Å². The van der Waals surface area contributed by atoms with Crippen molar-refractivity contribution in [2.45, 2.75) is 44.6 Å². The van der Waals surface area contributed by atoms with Crippen LogP contribution < -0.4 is 10.6 Å². The predicted octanol–water partition coefficient (Wildman–Crippen LogP) is 1.27. The molecule has 1 saturated heterocycles. The number of nitrogens with one attached hydrogen (secondary N) is 2. The van der Waals surface area contributed by atoms with E-state index in [1.54, 1.807) is 13.8 Å². The third-order valence-electron chi connectivity index (χ3n) is 4.87. The second-order valence-corrected chi connectivity index (χ2v) is 9.39. The highest BCUT2D eigenvalue weighted by Gasteiger charge is 2.34. The zero-order chi connectivity index (χ0) is 21.8. The Balaban J connectivity index is 1.99. The number of anilines is 1. The number of aliphatic carboxylic acids is 1. The highest BCUT2D eigenvalue weighted by molar-refractivity contribution is 7.89. The number of carboxylic acids is 1. The Bertz CT molecular complexity index is 858. The lowest BCUT2D eigenvalue weighted by Crippen LogP contribution is -2.49. The van der Waals surface area contributed by atoms with Gasteiger partial charge in [0.05, 0.1) is 4.90 Å². The molecule has 2 rings (SSSR count). The molecule has 160 valence electrons. The maximum Gasteiger partial charge on any atom is 0.326 e. The zero-order valence-corrected chi connectivity index (χ0v) is 17.5. The fourth-order valence-corrected chi connectivity index (χ4v) is 4.68. The van der Waals surface area contributed by atoms with Crippen LogP contribution in [0.2, 0.25) is 0 Å². The lowest BCUT2D eigenvalue weighted by molar-refractivity contribution is -0.144. The molecule has 3 N–H and O–H groups in total. The Morgan fingerprint density at radius 3 is 2.10 bits per heavy atom. The summed E-state index contributed by atoms with van der Waals surface area (Å²) in [7, 11) is -3.71. The molecule has 0 aromatic heterocycles. The molecule has 0 unspecified atom stereocenters. The highest BCUT2D eigenvalue weighted by Crippen LogP contribution is 2.25. The molecule has 0 radical (unpaired) electrons. The molecule has 0 saturated carbocycles. The Morgan fingerprint density at radius 2 is 1.66 bits per heavy atom. The van der Waals surface area contributed by atoms with E-state index in [2.05, 4.69) is 10.6 Å². The van der Waals surface area contributed by atoms with Gasteiger partial charge >= 0.3 is 5.97 Å². The Labute approximate surface area is 170 Å². The SMILES string of the molecule is CC(=O)Nc1ccc(S(=O)(=O)N2CCC(C(=O)N[C@H](C(=O)O)C(C)C)CC2)cc1. The third-order valence-corrected chi connectivity index (χ3v) is 6.78. The summed E-state index contributed by atoms with van der Waals surface area (Å²) in [6.07, 6.45) is 0.638. The summed E-state index contributed by atoms with van der Waals surface area (Å²) >= 11 is 0. The quantitative estimate of drug-likeness (QED) is 0.603. The van der Waals surface area contributed by atoms with Crippen LogP contribution in [0.25, 0.3) is 0 Å². The van der Waals surface area contributed by atoms with Gasteiger partial charge in [0.1, 0.15) is 6.04 Å². The minimum atomic E-state index is -3.71. The molecule has 1 aliphatic heterocycles. The van der Waals surface area contributed by atoms with Crippen molar-refractivity contribution in [3.05, 3.63) is 24.3 Å². The van der Waals surface area contributed by atoms with Crippen molar-refractivity contribution in [3.8, 4) is 0 Å². The molecule has 1 heterocycles. The molecule has 2 amide bonds. The number of hydrogen-bond donors (Lipinski definition) is 3. The smallest absolute Gasteiger partial charge is 0.326 e. The van der Waals surface area contributed by atoms with Crippen LogP contribution in [0.5, 0.6) is 0 Å². The molecular formula is C19H27N3O6S. The second kappa shape index (κ2) is 9.36. The van der Waals surface area contributed by atoms with E-state index >= 15 is 0 Å². The molecule has 0 spiro atoms. The Kier molecular flexibility index (Phi) is 7.37. The van der Waals surface area contributed by atoms with Crippen molar-refractivity contribution >= 4 is 33.5 Å². The first-order valence-electron chi connectivity index (χ1n) is 9.43. The van der Waals surface area contributed by atoms with Gasteiger partial charge in [-0.15, -0.1) is 0 Å². The van der Waals surface area contributed by atoms with Crippen LogP contribution in [0.3, 0.4) is 0 Å². The van der Waals surface area contributed by atoms with E-state index in [0.717, 1.165) is 0 Å². The fourth-order valence-electron chi connectivity index (χ4n) is 3.21. The summed E-state index contributed by atoms with van der Waals surface area (Å²) in [5, 5.41) is 14.3. The average molecular weight is 426 g/mol. The first-order chi connectivity index (χ1) is 13.5. The molecule has 0 bridgehead atoms. The van der Waals surface area contributed by atoms with E-state index < -0.39 is 28.0 Å². The minimum absolute atomic E-state index is 0.111. The largest absolute Gasteiger partial charge is 0.480 e. The van der Waals surface area contributed by atoms with Crippen molar-refractivity contribution < 1.29 is 27.9 Å². The maximum atomic E-state index is 12.8. The summed E-state index contributed by atoms with van der Waals surface area (Å²) in [6, 6.07) is 4.93.